The summed E-state index contributed by atoms with van der Waals surface area (Å²) in [5.41, 5.74) is 3.71. The van der Waals surface area contributed by atoms with E-state index in [1.54, 1.807) is 6.92 Å². The summed E-state index contributed by atoms with van der Waals surface area (Å²) in [5, 5.41) is 9.73. The molecule has 1 fully saturated rings. The number of aliphatic hydroxyl groups excluding tert-OH is 1. The minimum Gasteiger partial charge on any atom is -0.440 e. The van der Waals surface area contributed by atoms with Crippen LogP contribution in [0.2, 0.25) is 0 Å². The Morgan fingerprint density at radius 1 is 1.12 bits per heavy atom. The quantitative estimate of drug-likeness (QED) is 0.783. The molecule has 1 saturated heterocycles. The summed E-state index contributed by atoms with van der Waals surface area (Å²) in [5.74, 6) is 2.14. The molecule has 25 heavy (non-hydrogen) atoms. The molecule has 1 aliphatic heterocycles. The van der Waals surface area contributed by atoms with E-state index in [0.717, 1.165) is 54.3 Å². The van der Waals surface area contributed by atoms with Crippen LogP contribution in [0.3, 0.4) is 0 Å². The van der Waals surface area contributed by atoms with Crippen molar-refractivity contribution in [3.8, 4) is 0 Å². The first-order valence-corrected chi connectivity index (χ1v) is 8.88. The Balaban J connectivity index is 1.49. The lowest BCUT2D eigenvalue weighted by atomic mass is 9.97. The maximum Gasteiger partial charge on any atom is 0.198 e. The molecule has 1 aromatic carbocycles. The molecule has 5 nitrogen and oxygen atoms in total. The van der Waals surface area contributed by atoms with Gasteiger partial charge in [-0.05, 0) is 50.5 Å². The molecular formula is C20H23N3O2. The molecule has 0 bridgehead atoms. The van der Waals surface area contributed by atoms with Crippen molar-refractivity contribution < 1.29 is 9.52 Å². The van der Waals surface area contributed by atoms with Gasteiger partial charge in [0.15, 0.2) is 11.5 Å². The van der Waals surface area contributed by atoms with Gasteiger partial charge >= 0.3 is 0 Å². The van der Waals surface area contributed by atoms with Crippen LogP contribution >= 0.6 is 0 Å². The van der Waals surface area contributed by atoms with Gasteiger partial charge in [0.05, 0.1) is 11.8 Å². The third-order valence-electron chi connectivity index (χ3n) is 4.98. The van der Waals surface area contributed by atoms with Crippen molar-refractivity contribution in [2.24, 2.45) is 0 Å². The average molecular weight is 337 g/mol. The van der Waals surface area contributed by atoms with Gasteiger partial charge in [0.1, 0.15) is 11.3 Å². The van der Waals surface area contributed by atoms with Crippen molar-refractivity contribution in [1.29, 1.82) is 0 Å². The van der Waals surface area contributed by atoms with Crippen molar-refractivity contribution in [3.05, 3.63) is 53.5 Å². The van der Waals surface area contributed by atoms with Gasteiger partial charge in [-0.25, -0.2) is 9.97 Å². The Morgan fingerprint density at radius 3 is 2.60 bits per heavy atom. The lowest BCUT2D eigenvalue weighted by molar-refractivity contribution is 0.194. The fraction of sp³-hybridized carbons (Fsp3) is 0.400. The largest absolute Gasteiger partial charge is 0.440 e. The molecular weight excluding hydrogens is 314 g/mol. The second-order valence-corrected chi connectivity index (χ2v) is 6.83. The van der Waals surface area contributed by atoms with E-state index < -0.39 is 6.10 Å². The number of para-hydroxylation sites is 1. The lowest BCUT2D eigenvalue weighted by Crippen LogP contribution is -2.33. The predicted octanol–water partition coefficient (Wildman–Crippen LogP) is 3.97. The molecule has 1 aliphatic rings. The number of pyridine rings is 1. The smallest absolute Gasteiger partial charge is 0.198 e. The van der Waals surface area contributed by atoms with Crippen LogP contribution in [0.4, 0.5) is 5.82 Å². The number of aryl methyl sites for hydroxylation is 1. The number of benzene rings is 1. The van der Waals surface area contributed by atoms with Crippen molar-refractivity contribution >= 4 is 16.9 Å². The fourth-order valence-electron chi connectivity index (χ4n) is 3.48. The molecule has 130 valence electrons. The molecule has 0 saturated carbocycles. The highest BCUT2D eigenvalue weighted by Crippen LogP contribution is 2.32. The van der Waals surface area contributed by atoms with Crippen LogP contribution in [0.25, 0.3) is 11.1 Å². The summed E-state index contributed by atoms with van der Waals surface area (Å²) in [7, 11) is 0. The van der Waals surface area contributed by atoms with Crippen LogP contribution < -0.4 is 4.90 Å². The minimum absolute atomic E-state index is 0.350. The standard InChI is InChI=1S/C20H23N3O2/c1-13-5-3-7-17-19(13)25-20(22-17)15-9-11-23(12-10-15)18-8-4-6-16(21-18)14(2)24/h3-8,14-15,24H,9-12H2,1-2H3. The number of fused-ring (bicyclic) bond motifs is 1. The number of anilines is 1. The van der Waals surface area contributed by atoms with Gasteiger partial charge in [-0.3, -0.25) is 0 Å². The third kappa shape index (κ3) is 3.12. The number of oxazole rings is 1. The van der Waals surface area contributed by atoms with Gasteiger partial charge in [-0.2, -0.15) is 0 Å². The maximum absolute atomic E-state index is 9.73. The molecule has 0 aliphatic carbocycles. The van der Waals surface area contributed by atoms with E-state index in [1.807, 2.05) is 30.3 Å². The molecule has 0 amide bonds. The van der Waals surface area contributed by atoms with E-state index in [0.29, 0.717) is 11.6 Å². The summed E-state index contributed by atoms with van der Waals surface area (Å²) in [4.78, 5) is 11.5. The van der Waals surface area contributed by atoms with Crippen LogP contribution in [0.1, 0.15) is 48.9 Å². The SMILES string of the molecule is Cc1cccc2nc(C3CCN(c4cccc(C(C)O)n4)CC3)oc12. The highest BCUT2D eigenvalue weighted by atomic mass is 16.3. The summed E-state index contributed by atoms with van der Waals surface area (Å²) in [6.07, 6.45) is 1.44. The lowest BCUT2D eigenvalue weighted by Gasteiger charge is -2.31. The second kappa shape index (κ2) is 6.48. The summed E-state index contributed by atoms with van der Waals surface area (Å²) >= 11 is 0. The normalized spacial score (nSPS) is 17.2. The zero-order valence-corrected chi connectivity index (χ0v) is 14.6. The van der Waals surface area contributed by atoms with Gasteiger partial charge in [0, 0.05) is 19.0 Å². The molecule has 4 rings (SSSR count). The van der Waals surface area contributed by atoms with E-state index >= 15 is 0 Å². The first-order chi connectivity index (χ1) is 12.1. The zero-order valence-electron chi connectivity index (χ0n) is 14.6. The number of aromatic nitrogens is 2. The Kier molecular flexibility index (Phi) is 4.17. The van der Waals surface area contributed by atoms with Crippen LogP contribution in [0, 0.1) is 6.92 Å². The van der Waals surface area contributed by atoms with Crippen molar-refractivity contribution in [2.45, 2.75) is 38.7 Å². The van der Waals surface area contributed by atoms with E-state index in [1.165, 1.54) is 0 Å². The molecule has 0 radical (unpaired) electrons. The van der Waals surface area contributed by atoms with Gasteiger partial charge in [0.25, 0.3) is 0 Å². The maximum atomic E-state index is 9.73. The van der Waals surface area contributed by atoms with Crippen molar-refractivity contribution in [1.82, 2.24) is 9.97 Å². The molecule has 1 N–H and O–H groups in total. The topological polar surface area (TPSA) is 62.4 Å². The second-order valence-electron chi connectivity index (χ2n) is 6.83. The van der Waals surface area contributed by atoms with Gasteiger partial charge < -0.3 is 14.4 Å². The van der Waals surface area contributed by atoms with Gasteiger partial charge in [-0.1, -0.05) is 18.2 Å². The third-order valence-corrected chi connectivity index (χ3v) is 4.98. The Hall–Kier alpha value is -2.40. The first kappa shape index (κ1) is 16.1. The van der Waals surface area contributed by atoms with E-state index in [4.69, 9.17) is 9.40 Å². The Bertz CT molecular complexity index is 880. The highest BCUT2D eigenvalue weighted by molar-refractivity contribution is 5.76. The molecule has 1 unspecified atom stereocenters. The van der Waals surface area contributed by atoms with Crippen molar-refractivity contribution in [3.63, 3.8) is 0 Å². The molecule has 5 heteroatoms. The van der Waals surface area contributed by atoms with Gasteiger partial charge in [0.2, 0.25) is 0 Å². The highest BCUT2D eigenvalue weighted by Gasteiger charge is 2.25. The predicted molar refractivity (Wildman–Crippen MR) is 97.8 cm³/mol. The fourth-order valence-corrected chi connectivity index (χ4v) is 3.48. The van der Waals surface area contributed by atoms with Crippen molar-refractivity contribution in [2.75, 3.05) is 18.0 Å². The van der Waals surface area contributed by atoms with E-state index in [2.05, 4.69) is 22.9 Å². The number of rotatable bonds is 3. The zero-order chi connectivity index (χ0) is 17.4. The van der Waals surface area contributed by atoms with Gasteiger partial charge in [-0.15, -0.1) is 0 Å². The monoisotopic (exact) mass is 337 g/mol. The molecule has 0 spiro atoms. The average Bonchev–Trinajstić information content (AvgIpc) is 3.08. The number of aliphatic hydroxyl groups is 1. The summed E-state index contributed by atoms with van der Waals surface area (Å²) < 4.78 is 6.05. The Morgan fingerprint density at radius 2 is 1.88 bits per heavy atom. The van der Waals surface area contributed by atoms with E-state index in [9.17, 15) is 5.11 Å². The van der Waals surface area contributed by atoms with Crippen LogP contribution in [0.5, 0.6) is 0 Å². The minimum atomic E-state index is -0.541. The molecule has 1 atom stereocenters. The van der Waals surface area contributed by atoms with E-state index in [-0.39, 0.29) is 0 Å². The summed E-state index contributed by atoms with van der Waals surface area (Å²) in [6.45, 7) is 5.63. The molecule has 3 aromatic rings. The number of hydrogen-bond acceptors (Lipinski definition) is 5. The molecule has 3 heterocycles. The first-order valence-electron chi connectivity index (χ1n) is 8.88. The number of hydrogen-bond donors (Lipinski definition) is 1. The summed E-state index contributed by atoms with van der Waals surface area (Å²) in [6, 6.07) is 11.9. The Labute approximate surface area is 147 Å². The number of nitrogens with zero attached hydrogens (tertiary/aromatic N) is 3. The van der Waals surface area contributed by atoms with Crippen LogP contribution in [-0.4, -0.2) is 28.2 Å². The van der Waals surface area contributed by atoms with Crippen LogP contribution in [0.15, 0.2) is 40.8 Å². The number of piperidine rings is 1. The molecule has 2 aromatic heterocycles. The van der Waals surface area contributed by atoms with Crippen LogP contribution in [-0.2, 0) is 0 Å².